The monoisotopic (exact) mass is 569 g/mol. The van der Waals surface area contributed by atoms with Gasteiger partial charge in [-0.2, -0.15) is 0 Å². The van der Waals surface area contributed by atoms with Crippen molar-refractivity contribution < 1.29 is 17.9 Å². The first kappa shape index (κ1) is 28.4. The molecule has 0 bridgehead atoms. The molecule has 0 aromatic heterocycles. The molecule has 4 aromatic carbocycles. The third-order valence-corrected chi connectivity index (χ3v) is 9.10. The van der Waals surface area contributed by atoms with Crippen LogP contribution in [0, 0.1) is 0 Å². The van der Waals surface area contributed by atoms with Gasteiger partial charge in [0.15, 0.2) is 0 Å². The van der Waals surface area contributed by atoms with Crippen molar-refractivity contribution in [1.82, 2.24) is 9.80 Å². The first-order chi connectivity index (χ1) is 20.0. The maximum atomic E-state index is 13.7. The number of hydrogen-bond acceptors (Lipinski definition) is 5. The SMILES string of the molecule is CCOc1ccc(N(CC(=O)N2CCN(C(c3ccccc3)c3ccccc3)CC2)S(=O)(=O)c2ccccc2)cc1. The Hall–Kier alpha value is -4.14. The van der Waals surface area contributed by atoms with Crippen LogP contribution in [0.2, 0.25) is 0 Å². The summed E-state index contributed by atoms with van der Waals surface area (Å²) < 4.78 is 34.2. The normalized spacial score (nSPS) is 14.1. The van der Waals surface area contributed by atoms with Gasteiger partial charge >= 0.3 is 0 Å². The van der Waals surface area contributed by atoms with Crippen molar-refractivity contribution in [3.8, 4) is 5.75 Å². The van der Waals surface area contributed by atoms with E-state index in [4.69, 9.17) is 4.74 Å². The van der Waals surface area contributed by atoms with Gasteiger partial charge in [-0.1, -0.05) is 78.9 Å². The van der Waals surface area contributed by atoms with Gasteiger partial charge in [0.1, 0.15) is 12.3 Å². The molecule has 1 aliphatic heterocycles. The molecule has 1 amide bonds. The van der Waals surface area contributed by atoms with Crippen LogP contribution in [0.15, 0.2) is 120 Å². The highest BCUT2D eigenvalue weighted by atomic mass is 32.2. The van der Waals surface area contributed by atoms with E-state index in [0.717, 1.165) is 0 Å². The van der Waals surface area contributed by atoms with E-state index in [1.807, 2.05) is 43.3 Å². The zero-order valence-corrected chi connectivity index (χ0v) is 24.0. The number of rotatable bonds is 10. The van der Waals surface area contributed by atoms with E-state index in [9.17, 15) is 13.2 Å². The Morgan fingerprint density at radius 2 is 1.27 bits per heavy atom. The fourth-order valence-corrected chi connectivity index (χ4v) is 6.68. The van der Waals surface area contributed by atoms with E-state index < -0.39 is 10.0 Å². The lowest BCUT2D eigenvalue weighted by Crippen LogP contribution is -2.52. The van der Waals surface area contributed by atoms with Crippen LogP contribution in [0.1, 0.15) is 24.1 Å². The third kappa shape index (κ3) is 6.61. The summed E-state index contributed by atoms with van der Waals surface area (Å²) in [7, 11) is -3.97. The van der Waals surface area contributed by atoms with Crippen LogP contribution in [0.3, 0.4) is 0 Å². The molecular formula is C33H35N3O4S. The number of ether oxygens (including phenoxy) is 1. The average molecular weight is 570 g/mol. The molecule has 0 saturated carbocycles. The number of carbonyl (C=O) groups is 1. The van der Waals surface area contributed by atoms with Crippen molar-refractivity contribution >= 4 is 21.6 Å². The van der Waals surface area contributed by atoms with Crippen LogP contribution in [-0.4, -0.2) is 63.5 Å². The average Bonchev–Trinajstić information content (AvgIpc) is 3.02. The molecule has 0 spiro atoms. The molecule has 0 N–H and O–H groups in total. The minimum Gasteiger partial charge on any atom is -0.494 e. The Kier molecular flexibility index (Phi) is 9.01. The van der Waals surface area contributed by atoms with Crippen LogP contribution in [0.5, 0.6) is 5.75 Å². The predicted molar refractivity (Wildman–Crippen MR) is 161 cm³/mol. The van der Waals surface area contributed by atoms with Gasteiger partial charge in [0.2, 0.25) is 5.91 Å². The Balaban J connectivity index is 1.34. The summed E-state index contributed by atoms with van der Waals surface area (Å²) in [4.78, 5) is 17.9. The summed E-state index contributed by atoms with van der Waals surface area (Å²) in [5, 5.41) is 0. The lowest BCUT2D eigenvalue weighted by atomic mass is 9.96. The highest BCUT2D eigenvalue weighted by molar-refractivity contribution is 7.92. The van der Waals surface area contributed by atoms with Crippen LogP contribution < -0.4 is 9.04 Å². The summed E-state index contributed by atoms with van der Waals surface area (Å²) in [6.07, 6.45) is 0. The largest absolute Gasteiger partial charge is 0.494 e. The molecule has 1 aliphatic rings. The zero-order chi connectivity index (χ0) is 28.7. The van der Waals surface area contributed by atoms with Gasteiger partial charge in [0, 0.05) is 26.2 Å². The maximum absolute atomic E-state index is 13.7. The quantitative estimate of drug-likeness (QED) is 0.262. The maximum Gasteiger partial charge on any atom is 0.264 e. The molecule has 4 aromatic rings. The van der Waals surface area contributed by atoms with Crippen LogP contribution in [0.25, 0.3) is 0 Å². The second-order valence-electron chi connectivity index (χ2n) is 9.89. The van der Waals surface area contributed by atoms with Gasteiger partial charge < -0.3 is 9.64 Å². The van der Waals surface area contributed by atoms with E-state index in [2.05, 4.69) is 29.2 Å². The first-order valence-corrected chi connectivity index (χ1v) is 15.3. The Morgan fingerprint density at radius 3 is 1.78 bits per heavy atom. The van der Waals surface area contributed by atoms with Crippen molar-refractivity contribution in [2.45, 2.75) is 17.9 Å². The lowest BCUT2D eigenvalue weighted by Gasteiger charge is -2.40. The molecule has 1 heterocycles. The molecule has 1 saturated heterocycles. The molecule has 0 radical (unpaired) electrons. The van der Waals surface area contributed by atoms with Gasteiger partial charge in [-0.25, -0.2) is 8.42 Å². The summed E-state index contributed by atoms with van der Waals surface area (Å²) in [6, 6.07) is 35.9. The van der Waals surface area contributed by atoms with Crippen LogP contribution >= 0.6 is 0 Å². The molecular weight excluding hydrogens is 534 g/mol. The molecule has 0 unspecified atom stereocenters. The number of piperazine rings is 1. The van der Waals surface area contributed by atoms with Gasteiger partial charge in [-0.3, -0.25) is 14.0 Å². The fraction of sp³-hybridized carbons (Fsp3) is 0.242. The number of anilines is 1. The van der Waals surface area contributed by atoms with Crippen LogP contribution in [0.4, 0.5) is 5.69 Å². The molecule has 0 atom stereocenters. The van der Waals surface area contributed by atoms with E-state index in [-0.39, 0.29) is 23.4 Å². The van der Waals surface area contributed by atoms with Gasteiger partial charge in [0.05, 0.1) is 23.2 Å². The summed E-state index contributed by atoms with van der Waals surface area (Å²) >= 11 is 0. The standard InChI is InChI=1S/C33H35N3O4S/c1-2-40-30-20-18-29(19-21-30)36(41(38,39)31-16-10-5-11-17-31)26-32(37)34-22-24-35(25-23-34)33(27-12-6-3-7-13-27)28-14-8-4-9-15-28/h3-21,33H,2,22-26H2,1H3. The fourth-order valence-electron chi connectivity index (χ4n) is 5.25. The highest BCUT2D eigenvalue weighted by Crippen LogP contribution is 2.30. The minimum absolute atomic E-state index is 0.0773. The molecule has 212 valence electrons. The second kappa shape index (κ2) is 13.0. The second-order valence-corrected chi connectivity index (χ2v) is 11.8. The van der Waals surface area contributed by atoms with E-state index in [1.165, 1.54) is 15.4 Å². The lowest BCUT2D eigenvalue weighted by molar-refractivity contribution is -0.131. The number of benzene rings is 4. The van der Waals surface area contributed by atoms with Crippen molar-refractivity contribution in [3.05, 3.63) is 126 Å². The number of amides is 1. The minimum atomic E-state index is -3.97. The number of hydrogen-bond donors (Lipinski definition) is 0. The molecule has 1 fully saturated rings. The highest BCUT2D eigenvalue weighted by Gasteiger charge is 2.32. The number of sulfonamides is 1. The van der Waals surface area contributed by atoms with E-state index in [1.54, 1.807) is 59.5 Å². The smallest absolute Gasteiger partial charge is 0.264 e. The summed E-state index contributed by atoms with van der Waals surface area (Å²) in [5.41, 5.74) is 2.82. The van der Waals surface area contributed by atoms with Crippen molar-refractivity contribution in [1.29, 1.82) is 0 Å². The van der Waals surface area contributed by atoms with Crippen molar-refractivity contribution in [3.63, 3.8) is 0 Å². The zero-order valence-electron chi connectivity index (χ0n) is 23.2. The van der Waals surface area contributed by atoms with Gasteiger partial charge in [-0.15, -0.1) is 0 Å². The van der Waals surface area contributed by atoms with Gasteiger partial charge in [0.25, 0.3) is 10.0 Å². The summed E-state index contributed by atoms with van der Waals surface area (Å²) in [5.74, 6) is 0.413. The Morgan fingerprint density at radius 1 is 0.756 bits per heavy atom. The number of carbonyl (C=O) groups excluding carboxylic acids is 1. The third-order valence-electron chi connectivity index (χ3n) is 7.31. The Bertz CT molecular complexity index is 1470. The van der Waals surface area contributed by atoms with E-state index >= 15 is 0 Å². The summed E-state index contributed by atoms with van der Waals surface area (Å²) in [6.45, 7) is 4.48. The van der Waals surface area contributed by atoms with Crippen molar-refractivity contribution in [2.75, 3.05) is 43.6 Å². The van der Waals surface area contributed by atoms with Gasteiger partial charge in [-0.05, 0) is 54.4 Å². The molecule has 8 heteroatoms. The molecule has 7 nitrogen and oxygen atoms in total. The Labute approximate surface area is 242 Å². The predicted octanol–water partition coefficient (Wildman–Crippen LogP) is 5.21. The topological polar surface area (TPSA) is 70.2 Å². The van der Waals surface area contributed by atoms with E-state index in [0.29, 0.717) is 44.2 Å². The first-order valence-electron chi connectivity index (χ1n) is 13.9. The molecule has 5 rings (SSSR count). The number of nitrogens with zero attached hydrogens (tertiary/aromatic N) is 3. The van der Waals surface area contributed by atoms with Crippen LogP contribution in [-0.2, 0) is 14.8 Å². The molecule has 41 heavy (non-hydrogen) atoms. The van der Waals surface area contributed by atoms with Crippen molar-refractivity contribution in [2.24, 2.45) is 0 Å². The molecule has 0 aliphatic carbocycles.